The molecular weight excluding hydrogens is 196 g/mol. The standard InChI is InChI=1S/C10H16N2OS/c13-9-3-1-8(2-4-9)7-12-10-11-5-6-14-10/h5-6,8-9,13H,1-4,7H2,(H,11,12). The number of nitrogens with zero attached hydrogens (tertiary/aromatic N) is 1. The lowest BCUT2D eigenvalue weighted by Gasteiger charge is -2.25. The van der Waals surface area contributed by atoms with Gasteiger partial charge < -0.3 is 10.4 Å². The van der Waals surface area contributed by atoms with Gasteiger partial charge in [0.25, 0.3) is 0 Å². The van der Waals surface area contributed by atoms with Gasteiger partial charge in [-0.15, -0.1) is 11.3 Å². The van der Waals surface area contributed by atoms with Gasteiger partial charge in [-0.05, 0) is 31.6 Å². The third-order valence-corrected chi connectivity index (χ3v) is 3.52. The number of anilines is 1. The third-order valence-electron chi connectivity index (χ3n) is 2.79. The molecule has 0 amide bonds. The fourth-order valence-electron chi connectivity index (χ4n) is 1.89. The fraction of sp³-hybridized carbons (Fsp3) is 0.700. The van der Waals surface area contributed by atoms with Crippen molar-refractivity contribution >= 4 is 16.5 Å². The zero-order valence-electron chi connectivity index (χ0n) is 8.15. The van der Waals surface area contributed by atoms with Crippen LogP contribution in [0.1, 0.15) is 25.7 Å². The summed E-state index contributed by atoms with van der Waals surface area (Å²) in [4.78, 5) is 4.17. The van der Waals surface area contributed by atoms with Crippen LogP contribution in [0.25, 0.3) is 0 Å². The molecule has 1 heterocycles. The molecule has 2 rings (SSSR count). The molecule has 3 nitrogen and oxygen atoms in total. The lowest BCUT2D eigenvalue weighted by Crippen LogP contribution is -2.23. The Labute approximate surface area is 88.2 Å². The average molecular weight is 212 g/mol. The normalized spacial score (nSPS) is 27.5. The minimum absolute atomic E-state index is 0.0499. The van der Waals surface area contributed by atoms with Gasteiger partial charge in [-0.1, -0.05) is 0 Å². The highest BCUT2D eigenvalue weighted by Gasteiger charge is 2.18. The monoisotopic (exact) mass is 212 g/mol. The maximum Gasteiger partial charge on any atom is 0.182 e. The number of hydrogen-bond acceptors (Lipinski definition) is 4. The molecule has 1 fully saturated rings. The third kappa shape index (κ3) is 2.69. The number of aliphatic hydroxyl groups is 1. The molecule has 78 valence electrons. The van der Waals surface area contributed by atoms with Gasteiger partial charge in [-0.2, -0.15) is 0 Å². The highest BCUT2D eigenvalue weighted by Crippen LogP contribution is 2.24. The molecule has 0 spiro atoms. The largest absolute Gasteiger partial charge is 0.393 e. The van der Waals surface area contributed by atoms with Crippen LogP contribution in [0.2, 0.25) is 0 Å². The Bertz CT molecular complexity index is 255. The molecule has 1 aromatic heterocycles. The van der Waals surface area contributed by atoms with E-state index in [-0.39, 0.29) is 6.10 Å². The lowest BCUT2D eigenvalue weighted by molar-refractivity contribution is 0.111. The highest BCUT2D eigenvalue weighted by atomic mass is 32.1. The minimum atomic E-state index is -0.0499. The smallest absolute Gasteiger partial charge is 0.182 e. The van der Waals surface area contributed by atoms with Crippen LogP contribution in [0.3, 0.4) is 0 Å². The van der Waals surface area contributed by atoms with E-state index in [4.69, 9.17) is 0 Å². The van der Waals surface area contributed by atoms with Crippen molar-refractivity contribution in [2.75, 3.05) is 11.9 Å². The molecule has 0 aliphatic heterocycles. The van der Waals surface area contributed by atoms with Gasteiger partial charge in [-0.25, -0.2) is 4.98 Å². The van der Waals surface area contributed by atoms with E-state index in [2.05, 4.69) is 10.3 Å². The minimum Gasteiger partial charge on any atom is -0.393 e. The van der Waals surface area contributed by atoms with E-state index in [9.17, 15) is 5.11 Å². The summed E-state index contributed by atoms with van der Waals surface area (Å²) in [5.41, 5.74) is 0. The van der Waals surface area contributed by atoms with Crippen LogP contribution in [-0.4, -0.2) is 22.7 Å². The highest BCUT2D eigenvalue weighted by molar-refractivity contribution is 7.13. The van der Waals surface area contributed by atoms with Crippen molar-refractivity contribution in [3.05, 3.63) is 11.6 Å². The van der Waals surface area contributed by atoms with Crippen molar-refractivity contribution in [1.82, 2.24) is 4.98 Å². The zero-order chi connectivity index (χ0) is 9.80. The van der Waals surface area contributed by atoms with E-state index in [1.54, 1.807) is 11.3 Å². The summed E-state index contributed by atoms with van der Waals surface area (Å²) in [6.07, 6.45) is 5.97. The first-order valence-corrected chi connectivity index (χ1v) is 6.04. The van der Waals surface area contributed by atoms with Crippen LogP contribution in [0.4, 0.5) is 5.13 Å². The fourth-order valence-corrected chi connectivity index (χ4v) is 2.43. The number of hydrogen-bond donors (Lipinski definition) is 2. The van der Waals surface area contributed by atoms with Crippen LogP contribution in [0, 0.1) is 5.92 Å². The van der Waals surface area contributed by atoms with Gasteiger partial charge in [0, 0.05) is 18.1 Å². The van der Waals surface area contributed by atoms with Crippen LogP contribution < -0.4 is 5.32 Å². The summed E-state index contributed by atoms with van der Waals surface area (Å²) in [5, 5.41) is 15.7. The SMILES string of the molecule is OC1CCC(CNc2nccs2)CC1. The average Bonchev–Trinajstić information content (AvgIpc) is 2.70. The second-order valence-corrected chi connectivity index (χ2v) is 4.79. The van der Waals surface area contributed by atoms with Gasteiger partial charge in [0.1, 0.15) is 0 Å². The topological polar surface area (TPSA) is 45.1 Å². The van der Waals surface area contributed by atoms with Crippen molar-refractivity contribution in [2.45, 2.75) is 31.8 Å². The molecule has 0 unspecified atom stereocenters. The van der Waals surface area contributed by atoms with E-state index in [1.807, 2.05) is 11.6 Å². The van der Waals surface area contributed by atoms with Gasteiger partial charge in [-0.3, -0.25) is 0 Å². The van der Waals surface area contributed by atoms with Gasteiger partial charge in [0.15, 0.2) is 5.13 Å². The molecule has 2 N–H and O–H groups in total. The quantitative estimate of drug-likeness (QED) is 0.806. The molecule has 1 saturated carbocycles. The Kier molecular flexibility index (Phi) is 3.37. The molecule has 1 aromatic rings. The van der Waals surface area contributed by atoms with Crippen molar-refractivity contribution in [1.29, 1.82) is 0 Å². The summed E-state index contributed by atoms with van der Waals surface area (Å²) < 4.78 is 0. The van der Waals surface area contributed by atoms with E-state index in [1.165, 1.54) is 0 Å². The van der Waals surface area contributed by atoms with Crippen LogP contribution >= 0.6 is 11.3 Å². The number of aromatic nitrogens is 1. The predicted molar refractivity (Wildman–Crippen MR) is 58.6 cm³/mol. The first kappa shape index (κ1) is 9.93. The van der Waals surface area contributed by atoms with Crippen molar-refractivity contribution in [3.8, 4) is 0 Å². The number of nitrogens with one attached hydrogen (secondary N) is 1. The molecule has 0 saturated heterocycles. The summed E-state index contributed by atoms with van der Waals surface area (Å²) in [6.45, 7) is 1.00. The van der Waals surface area contributed by atoms with Crippen LogP contribution in [0.5, 0.6) is 0 Å². The maximum atomic E-state index is 9.35. The van der Waals surface area contributed by atoms with Gasteiger partial charge >= 0.3 is 0 Å². The zero-order valence-corrected chi connectivity index (χ0v) is 8.96. The van der Waals surface area contributed by atoms with E-state index in [0.29, 0.717) is 5.92 Å². The molecular formula is C10H16N2OS. The summed E-state index contributed by atoms with van der Waals surface area (Å²) in [5.74, 6) is 0.710. The molecule has 4 heteroatoms. The first-order valence-electron chi connectivity index (χ1n) is 5.16. The number of aliphatic hydroxyl groups excluding tert-OH is 1. The predicted octanol–water partition coefficient (Wildman–Crippen LogP) is 2.11. The van der Waals surface area contributed by atoms with E-state index < -0.39 is 0 Å². The molecule has 0 aromatic carbocycles. The Balaban J connectivity index is 1.71. The van der Waals surface area contributed by atoms with Crippen LogP contribution in [-0.2, 0) is 0 Å². The van der Waals surface area contributed by atoms with Crippen molar-refractivity contribution in [3.63, 3.8) is 0 Å². The molecule has 0 bridgehead atoms. The summed E-state index contributed by atoms with van der Waals surface area (Å²) >= 11 is 1.64. The second kappa shape index (κ2) is 4.75. The molecule has 14 heavy (non-hydrogen) atoms. The van der Waals surface area contributed by atoms with Gasteiger partial charge in [0.2, 0.25) is 0 Å². The number of thiazole rings is 1. The van der Waals surface area contributed by atoms with E-state index >= 15 is 0 Å². The Morgan fingerprint density at radius 3 is 2.86 bits per heavy atom. The summed E-state index contributed by atoms with van der Waals surface area (Å²) in [7, 11) is 0. The summed E-state index contributed by atoms with van der Waals surface area (Å²) in [6, 6.07) is 0. The van der Waals surface area contributed by atoms with Gasteiger partial charge in [0.05, 0.1) is 6.10 Å². The number of rotatable bonds is 3. The second-order valence-electron chi connectivity index (χ2n) is 3.89. The van der Waals surface area contributed by atoms with Crippen molar-refractivity contribution < 1.29 is 5.11 Å². The van der Waals surface area contributed by atoms with E-state index in [0.717, 1.165) is 37.4 Å². The first-order chi connectivity index (χ1) is 6.84. The van der Waals surface area contributed by atoms with Crippen molar-refractivity contribution in [2.24, 2.45) is 5.92 Å². The molecule has 0 radical (unpaired) electrons. The Morgan fingerprint density at radius 2 is 2.21 bits per heavy atom. The Hall–Kier alpha value is -0.610. The molecule has 1 aliphatic carbocycles. The molecule has 0 atom stereocenters. The van der Waals surface area contributed by atoms with Crippen LogP contribution in [0.15, 0.2) is 11.6 Å². The maximum absolute atomic E-state index is 9.35. The molecule has 1 aliphatic rings. The Morgan fingerprint density at radius 1 is 1.43 bits per heavy atom. The lowest BCUT2D eigenvalue weighted by atomic mass is 9.87.